The molecule has 4 N–H and O–H groups in total. The van der Waals surface area contributed by atoms with Gasteiger partial charge in [-0.15, -0.1) is 0 Å². The topological polar surface area (TPSA) is 136 Å². The molecule has 2 amide bonds. The monoisotopic (exact) mass is 600 g/mol. The number of carbonyl (C=O) groups is 3. The predicted molar refractivity (Wildman–Crippen MR) is 163 cm³/mol. The summed E-state index contributed by atoms with van der Waals surface area (Å²) in [6.07, 6.45) is 7.02. The van der Waals surface area contributed by atoms with Crippen LogP contribution >= 0.6 is 0 Å². The zero-order valence-electron chi connectivity index (χ0n) is 26.6. The standard InChI is InChI=1S/C34H52N2O7/c1-21(18-24-15-16-33(2,3)34(24,4)5)43-32(42)25-12-9-17-36(25)31(41)29(23-10-7-6-8-11-23)35-30(40)28(39)20-22-13-14-26(37)27(38)19-22/h13-14,19,21,23-25,28-29,37-39H,6-12,15-18,20H2,1-5H3,(H,35,40). The molecule has 1 heterocycles. The van der Waals surface area contributed by atoms with E-state index >= 15 is 0 Å². The van der Waals surface area contributed by atoms with Crippen molar-refractivity contribution in [2.24, 2.45) is 22.7 Å². The van der Waals surface area contributed by atoms with Crippen molar-refractivity contribution < 1.29 is 34.4 Å². The highest BCUT2D eigenvalue weighted by atomic mass is 16.5. The Hall–Kier alpha value is -2.81. The smallest absolute Gasteiger partial charge is 0.329 e. The summed E-state index contributed by atoms with van der Waals surface area (Å²) in [6.45, 7) is 11.6. The number of nitrogens with zero attached hydrogens (tertiary/aromatic N) is 1. The van der Waals surface area contributed by atoms with Crippen LogP contribution in [0.5, 0.6) is 11.5 Å². The van der Waals surface area contributed by atoms with Crippen molar-refractivity contribution in [2.75, 3.05) is 6.54 Å². The summed E-state index contributed by atoms with van der Waals surface area (Å²) in [4.78, 5) is 42.2. The van der Waals surface area contributed by atoms with Crippen molar-refractivity contribution in [2.45, 2.75) is 130 Å². The van der Waals surface area contributed by atoms with E-state index in [1.165, 1.54) is 18.2 Å². The minimum atomic E-state index is -1.45. The van der Waals surface area contributed by atoms with Crippen LogP contribution in [0.3, 0.4) is 0 Å². The maximum absolute atomic E-state index is 14.0. The molecule has 0 radical (unpaired) electrons. The van der Waals surface area contributed by atoms with Gasteiger partial charge in [-0.1, -0.05) is 53.0 Å². The molecule has 1 saturated heterocycles. The lowest BCUT2D eigenvalue weighted by atomic mass is 9.66. The van der Waals surface area contributed by atoms with Crippen molar-refractivity contribution in [1.29, 1.82) is 0 Å². The Morgan fingerprint density at radius 3 is 2.33 bits per heavy atom. The van der Waals surface area contributed by atoms with Gasteiger partial charge < -0.3 is 30.3 Å². The lowest BCUT2D eigenvalue weighted by molar-refractivity contribution is -0.159. The molecule has 1 aromatic carbocycles. The second kappa shape index (κ2) is 13.4. The molecule has 2 saturated carbocycles. The molecule has 0 spiro atoms. The Bertz CT molecular complexity index is 1160. The number of phenolic OH excluding ortho intramolecular Hbond substituents is 2. The minimum absolute atomic E-state index is 0.0840. The van der Waals surface area contributed by atoms with Gasteiger partial charge in [0.05, 0.1) is 6.10 Å². The molecule has 3 fully saturated rings. The molecule has 5 unspecified atom stereocenters. The third kappa shape index (κ3) is 7.47. The summed E-state index contributed by atoms with van der Waals surface area (Å²) in [5, 5.41) is 32.9. The Balaban J connectivity index is 1.41. The number of benzene rings is 1. The van der Waals surface area contributed by atoms with Gasteiger partial charge in [-0.3, -0.25) is 9.59 Å². The molecule has 4 rings (SSSR count). The van der Waals surface area contributed by atoms with Gasteiger partial charge in [-0.05, 0) is 92.2 Å². The number of nitrogens with one attached hydrogen (secondary N) is 1. The summed E-state index contributed by atoms with van der Waals surface area (Å²) < 4.78 is 5.97. The van der Waals surface area contributed by atoms with Gasteiger partial charge in [0.25, 0.3) is 0 Å². The SMILES string of the molecule is CC(CC1CCC(C)(C)C1(C)C)OC(=O)C1CCCN1C(=O)C(NC(=O)C(O)Cc1ccc(O)c(O)c1)C1CCCCC1. The van der Waals surface area contributed by atoms with Gasteiger partial charge in [-0.25, -0.2) is 4.79 Å². The number of hydrogen-bond acceptors (Lipinski definition) is 7. The molecule has 2 aliphatic carbocycles. The summed E-state index contributed by atoms with van der Waals surface area (Å²) in [5.74, 6) is -1.60. The highest BCUT2D eigenvalue weighted by molar-refractivity contribution is 5.92. The van der Waals surface area contributed by atoms with Gasteiger partial charge >= 0.3 is 5.97 Å². The molecule has 5 atom stereocenters. The van der Waals surface area contributed by atoms with Crippen LogP contribution in [0.2, 0.25) is 0 Å². The van der Waals surface area contributed by atoms with Gasteiger partial charge in [0.15, 0.2) is 11.5 Å². The van der Waals surface area contributed by atoms with E-state index in [4.69, 9.17) is 4.74 Å². The zero-order chi connectivity index (χ0) is 31.5. The van der Waals surface area contributed by atoms with Gasteiger partial charge in [0.2, 0.25) is 11.8 Å². The number of aliphatic hydroxyl groups excluding tert-OH is 1. The van der Waals surface area contributed by atoms with Crippen molar-refractivity contribution in [3.05, 3.63) is 23.8 Å². The van der Waals surface area contributed by atoms with Crippen LogP contribution in [-0.4, -0.2) is 68.8 Å². The van der Waals surface area contributed by atoms with Gasteiger partial charge in [0.1, 0.15) is 18.2 Å². The predicted octanol–water partition coefficient (Wildman–Crippen LogP) is 4.84. The van der Waals surface area contributed by atoms with Crippen LogP contribution < -0.4 is 5.32 Å². The van der Waals surface area contributed by atoms with Crippen LogP contribution in [0.25, 0.3) is 0 Å². The van der Waals surface area contributed by atoms with Crippen molar-refractivity contribution in [1.82, 2.24) is 10.2 Å². The average Bonchev–Trinajstić information content (AvgIpc) is 3.52. The number of aliphatic hydroxyl groups is 1. The van der Waals surface area contributed by atoms with E-state index < -0.39 is 24.1 Å². The minimum Gasteiger partial charge on any atom is -0.504 e. The molecule has 43 heavy (non-hydrogen) atoms. The molecule has 9 nitrogen and oxygen atoms in total. The fourth-order valence-electron chi connectivity index (χ4n) is 7.47. The molecule has 9 heteroatoms. The van der Waals surface area contributed by atoms with E-state index in [0.717, 1.165) is 51.4 Å². The van der Waals surface area contributed by atoms with Crippen LogP contribution in [0.1, 0.15) is 104 Å². The first kappa shape index (κ1) is 33.1. The number of aromatic hydroxyl groups is 2. The summed E-state index contributed by atoms with van der Waals surface area (Å²) >= 11 is 0. The largest absolute Gasteiger partial charge is 0.504 e. The average molecular weight is 601 g/mol. The number of carbonyl (C=O) groups excluding carboxylic acids is 3. The summed E-state index contributed by atoms with van der Waals surface area (Å²) in [7, 11) is 0. The van der Waals surface area contributed by atoms with E-state index in [9.17, 15) is 29.7 Å². The Morgan fingerprint density at radius 2 is 1.70 bits per heavy atom. The Kier molecular flexibility index (Phi) is 10.4. The highest BCUT2D eigenvalue weighted by Crippen LogP contribution is 2.57. The Morgan fingerprint density at radius 1 is 1.00 bits per heavy atom. The number of esters is 1. The van der Waals surface area contributed by atoms with E-state index in [2.05, 4.69) is 33.0 Å². The van der Waals surface area contributed by atoms with Crippen molar-refractivity contribution >= 4 is 17.8 Å². The number of ether oxygens (including phenoxy) is 1. The lowest BCUT2D eigenvalue weighted by Gasteiger charge is -2.40. The van der Waals surface area contributed by atoms with Crippen LogP contribution in [0, 0.1) is 22.7 Å². The number of hydrogen-bond donors (Lipinski definition) is 4. The zero-order valence-corrected chi connectivity index (χ0v) is 26.6. The fraction of sp³-hybridized carbons (Fsp3) is 0.735. The Labute approximate surface area is 256 Å². The van der Waals surface area contributed by atoms with E-state index in [1.807, 2.05) is 6.92 Å². The lowest BCUT2D eigenvalue weighted by Crippen LogP contribution is -2.56. The summed E-state index contributed by atoms with van der Waals surface area (Å²) in [6, 6.07) is 2.59. The molecule has 3 aliphatic rings. The second-order valence-electron chi connectivity index (χ2n) is 14.4. The maximum Gasteiger partial charge on any atom is 0.329 e. The fourth-order valence-corrected chi connectivity index (χ4v) is 7.47. The van der Waals surface area contributed by atoms with Crippen molar-refractivity contribution in [3.63, 3.8) is 0 Å². The first-order valence-corrected chi connectivity index (χ1v) is 16.2. The number of phenols is 2. The van der Waals surface area contributed by atoms with Gasteiger partial charge in [0, 0.05) is 13.0 Å². The molecule has 0 bridgehead atoms. The molecule has 1 aliphatic heterocycles. The van der Waals surface area contributed by atoms with Crippen LogP contribution in [-0.2, 0) is 25.5 Å². The number of rotatable bonds is 10. The third-order valence-electron chi connectivity index (χ3n) is 11.1. The molecule has 1 aromatic rings. The third-order valence-corrected chi connectivity index (χ3v) is 11.1. The molecule has 0 aromatic heterocycles. The molecular weight excluding hydrogens is 548 g/mol. The second-order valence-corrected chi connectivity index (χ2v) is 14.4. The molecule has 240 valence electrons. The van der Waals surface area contributed by atoms with E-state index in [-0.39, 0.29) is 52.6 Å². The maximum atomic E-state index is 14.0. The quantitative estimate of drug-likeness (QED) is 0.223. The van der Waals surface area contributed by atoms with Crippen LogP contribution in [0.15, 0.2) is 18.2 Å². The first-order chi connectivity index (χ1) is 20.2. The highest BCUT2D eigenvalue weighted by Gasteiger charge is 2.49. The number of likely N-dealkylation sites (tertiary alicyclic amines) is 1. The normalized spacial score (nSPS) is 25.6. The first-order valence-electron chi connectivity index (χ1n) is 16.2. The van der Waals surface area contributed by atoms with Crippen molar-refractivity contribution in [3.8, 4) is 11.5 Å². The molecular formula is C34H52N2O7. The van der Waals surface area contributed by atoms with Gasteiger partial charge in [-0.2, -0.15) is 0 Å². The summed E-state index contributed by atoms with van der Waals surface area (Å²) in [5.41, 5.74) is 0.843. The van der Waals surface area contributed by atoms with E-state index in [1.54, 1.807) is 4.90 Å². The van der Waals surface area contributed by atoms with Crippen LogP contribution in [0.4, 0.5) is 0 Å². The van der Waals surface area contributed by atoms with E-state index in [0.29, 0.717) is 30.9 Å². The number of amides is 2.